The van der Waals surface area contributed by atoms with Crippen LogP contribution in [-0.4, -0.2) is 29.3 Å². The predicted octanol–water partition coefficient (Wildman–Crippen LogP) is 1.86. The third-order valence-electron chi connectivity index (χ3n) is 2.61. The maximum atomic E-state index is 11.7. The van der Waals surface area contributed by atoms with E-state index in [9.17, 15) is 9.90 Å². The number of thiazole rings is 1. The van der Waals surface area contributed by atoms with Crippen molar-refractivity contribution in [1.29, 1.82) is 0 Å². The van der Waals surface area contributed by atoms with Crippen molar-refractivity contribution >= 4 is 23.5 Å². The van der Waals surface area contributed by atoms with E-state index in [1.54, 1.807) is 12.1 Å². The Morgan fingerprint density at radius 2 is 2.38 bits per heavy atom. The normalized spacial score (nSPS) is 10.8. The molecule has 110 valence electrons. The number of nitrogens with zero attached hydrogens (tertiary/aromatic N) is 2. The van der Waals surface area contributed by atoms with Crippen LogP contribution >= 0.6 is 11.3 Å². The monoisotopic (exact) mass is 305 g/mol. The summed E-state index contributed by atoms with van der Waals surface area (Å²) in [4.78, 5) is 15.9. The van der Waals surface area contributed by atoms with Gasteiger partial charge >= 0.3 is 0 Å². The molecule has 2 aromatic rings. The Labute approximate surface area is 126 Å². The van der Waals surface area contributed by atoms with Crippen LogP contribution in [0.2, 0.25) is 0 Å². The van der Waals surface area contributed by atoms with Crippen LogP contribution in [0, 0.1) is 6.92 Å². The Balaban J connectivity index is 1.94. The molecule has 2 rings (SSSR count). The van der Waals surface area contributed by atoms with Gasteiger partial charge in [-0.25, -0.2) is 10.4 Å². The van der Waals surface area contributed by atoms with Crippen molar-refractivity contribution in [3.63, 3.8) is 0 Å². The zero-order valence-corrected chi connectivity index (χ0v) is 12.5. The number of benzene rings is 1. The van der Waals surface area contributed by atoms with Gasteiger partial charge in [0, 0.05) is 16.6 Å². The zero-order chi connectivity index (χ0) is 15.2. The summed E-state index contributed by atoms with van der Waals surface area (Å²) in [5.74, 6) is 0.395. The molecular weight excluding hydrogens is 290 g/mol. The second-order valence-corrected chi connectivity index (χ2v) is 5.22. The van der Waals surface area contributed by atoms with Crippen LogP contribution in [0.25, 0.3) is 0 Å². The molecule has 0 saturated carbocycles. The van der Waals surface area contributed by atoms with E-state index in [4.69, 9.17) is 4.74 Å². The van der Waals surface area contributed by atoms with E-state index in [-0.39, 0.29) is 18.1 Å². The Morgan fingerprint density at radius 1 is 1.57 bits per heavy atom. The average molecular weight is 305 g/mol. The first-order valence-electron chi connectivity index (χ1n) is 6.18. The maximum Gasteiger partial charge on any atom is 0.246 e. The van der Waals surface area contributed by atoms with Gasteiger partial charge in [-0.3, -0.25) is 4.79 Å². The summed E-state index contributed by atoms with van der Waals surface area (Å²) in [5.41, 5.74) is 3.75. The molecule has 0 fully saturated rings. The van der Waals surface area contributed by atoms with Gasteiger partial charge in [0.25, 0.3) is 0 Å². The minimum atomic E-state index is -0.261. The number of aryl methyl sites for hydroxylation is 1. The molecule has 0 aliphatic rings. The summed E-state index contributed by atoms with van der Waals surface area (Å²) >= 11 is 1.43. The van der Waals surface area contributed by atoms with Crippen LogP contribution in [0.1, 0.15) is 16.3 Å². The number of aromatic nitrogens is 1. The number of hydrogen-bond acceptors (Lipinski definition) is 6. The Kier molecular flexibility index (Phi) is 4.89. The molecule has 1 heterocycles. The highest BCUT2D eigenvalue weighted by molar-refractivity contribution is 7.09. The number of carbonyl (C=O) groups is 1. The number of nitrogens with one attached hydrogen (secondary N) is 1. The van der Waals surface area contributed by atoms with Gasteiger partial charge in [-0.15, -0.1) is 11.3 Å². The van der Waals surface area contributed by atoms with Gasteiger partial charge in [0.05, 0.1) is 19.7 Å². The second kappa shape index (κ2) is 6.85. The third-order valence-corrected chi connectivity index (χ3v) is 3.57. The van der Waals surface area contributed by atoms with Crippen LogP contribution in [-0.2, 0) is 11.2 Å². The van der Waals surface area contributed by atoms with E-state index >= 15 is 0 Å². The number of amides is 1. The van der Waals surface area contributed by atoms with Gasteiger partial charge in [0.2, 0.25) is 5.91 Å². The van der Waals surface area contributed by atoms with E-state index in [0.717, 1.165) is 10.7 Å². The van der Waals surface area contributed by atoms with Crippen LogP contribution in [0.5, 0.6) is 11.5 Å². The van der Waals surface area contributed by atoms with Crippen molar-refractivity contribution in [3.05, 3.63) is 39.8 Å². The molecule has 1 amide bonds. The molecule has 0 atom stereocenters. The fourth-order valence-electron chi connectivity index (χ4n) is 1.60. The first-order chi connectivity index (χ1) is 10.1. The van der Waals surface area contributed by atoms with Crippen molar-refractivity contribution in [3.8, 4) is 11.5 Å². The lowest BCUT2D eigenvalue weighted by molar-refractivity contribution is -0.120. The summed E-state index contributed by atoms with van der Waals surface area (Å²) < 4.78 is 5.05. The van der Waals surface area contributed by atoms with Crippen molar-refractivity contribution in [1.82, 2.24) is 10.4 Å². The summed E-state index contributed by atoms with van der Waals surface area (Å²) in [5, 5.41) is 16.1. The van der Waals surface area contributed by atoms with Gasteiger partial charge in [0.15, 0.2) is 0 Å². The maximum absolute atomic E-state index is 11.7. The lowest BCUT2D eigenvalue weighted by Gasteiger charge is -2.03. The molecule has 0 aliphatic carbocycles. The van der Waals surface area contributed by atoms with E-state index in [2.05, 4.69) is 15.5 Å². The fourth-order valence-corrected chi connectivity index (χ4v) is 2.37. The van der Waals surface area contributed by atoms with Crippen LogP contribution in [0.4, 0.5) is 0 Å². The highest BCUT2D eigenvalue weighted by Gasteiger charge is 2.06. The molecule has 1 aromatic heterocycles. The second-order valence-electron chi connectivity index (χ2n) is 4.28. The lowest BCUT2D eigenvalue weighted by Crippen LogP contribution is -2.19. The van der Waals surface area contributed by atoms with Crippen LogP contribution in [0.3, 0.4) is 0 Å². The molecule has 0 unspecified atom stereocenters. The van der Waals surface area contributed by atoms with Gasteiger partial charge in [-0.2, -0.15) is 5.10 Å². The number of phenolic OH excluding ortho intramolecular Hbond substituents is 1. The largest absolute Gasteiger partial charge is 0.507 e. The quantitative estimate of drug-likeness (QED) is 0.652. The molecule has 0 bridgehead atoms. The number of rotatable bonds is 5. The third kappa shape index (κ3) is 4.28. The van der Waals surface area contributed by atoms with Crippen molar-refractivity contribution in [2.45, 2.75) is 13.3 Å². The SMILES string of the molecule is COc1ccc(O)c(/C=N/NC(=O)Cc2nc(C)cs2)c1. The molecule has 6 nitrogen and oxygen atoms in total. The van der Waals surface area contributed by atoms with Gasteiger partial charge in [-0.1, -0.05) is 0 Å². The lowest BCUT2D eigenvalue weighted by atomic mass is 10.2. The number of aromatic hydroxyl groups is 1. The van der Waals surface area contributed by atoms with E-state index in [0.29, 0.717) is 11.3 Å². The smallest absolute Gasteiger partial charge is 0.246 e. The minimum Gasteiger partial charge on any atom is -0.507 e. The zero-order valence-electron chi connectivity index (χ0n) is 11.7. The molecule has 0 spiro atoms. The summed E-state index contributed by atoms with van der Waals surface area (Å²) in [6.07, 6.45) is 1.54. The predicted molar refractivity (Wildman–Crippen MR) is 81.0 cm³/mol. The van der Waals surface area contributed by atoms with Crippen molar-refractivity contribution in [2.75, 3.05) is 7.11 Å². The number of carbonyl (C=O) groups excluding carboxylic acids is 1. The minimum absolute atomic E-state index is 0.0596. The summed E-state index contributed by atoms with van der Waals surface area (Å²) in [7, 11) is 1.53. The van der Waals surface area contributed by atoms with Gasteiger partial charge in [0.1, 0.15) is 16.5 Å². The van der Waals surface area contributed by atoms with Crippen LogP contribution in [0.15, 0.2) is 28.7 Å². The molecule has 0 radical (unpaired) electrons. The van der Waals surface area contributed by atoms with Crippen molar-refractivity contribution < 1.29 is 14.6 Å². The van der Waals surface area contributed by atoms with E-state index < -0.39 is 0 Å². The molecule has 7 heteroatoms. The average Bonchev–Trinajstić information content (AvgIpc) is 2.86. The highest BCUT2D eigenvalue weighted by atomic mass is 32.1. The molecular formula is C14H15N3O3S. The van der Waals surface area contributed by atoms with Gasteiger partial charge < -0.3 is 9.84 Å². The van der Waals surface area contributed by atoms with Gasteiger partial charge in [-0.05, 0) is 25.1 Å². The molecule has 2 N–H and O–H groups in total. The molecule has 1 aromatic carbocycles. The standard InChI is InChI=1S/C14H15N3O3S/c1-9-8-21-14(16-9)6-13(19)17-15-7-10-5-11(20-2)3-4-12(10)18/h3-5,7-8,18H,6H2,1-2H3,(H,17,19)/b15-7+. The Morgan fingerprint density at radius 3 is 3.05 bits per heavy atom. The van der Waals surface area contributed by atoms with Crippen LogP contribution < -0.4 is 10.2 Å². The Hall–Kier alpha value is -2.41. The number of phenols is 1. The number of methoxy groups -OCH3 is 1. The number of hydrogen-bond donors (Lipinski definition) is 2. The van der Waals surface area contributed by atoms with E-state index in [1.807, 2.05) is 12.3 Å². The number of ether oxygens (including phenoxy) is 1. The topological polar surface area (TPSA) is 83.8 Å². The van der Waals surface area contributed by atoms with E-state index in [1.165, 1.54) is 30.7 Å². The van der Waals surface area contributed by atoms with Crippen molar-refractivity contribution in [2.24, 2.45) is 5.10 Å². The fraction of sp³-hybridized carbons (Fsp3) is 0.214. The highest BCUT2D eigenvalue weighted by Crippen LogP contribution is 2.20. The first-order valence-corrected chi connectivity index (χ1v) is 7.06. The molecule has 21 heavy (non-hydrogen) atoms. The number of hydrazone groups is 1. The molecule has 0 aliphatic heterocycles. The first kappa shape index (κ1) is 15.0. The summed E-state index contributed by atoms with van der Waals surface area (Å²) in [6, 6.07) is 4.76. The summed E-state index contributed by atoms with van der Waals surface area (Å²) in [6.45, 7) is 1.88. The Bertz CT molecular complexity index is 667. The molecule has 0 saturated heterocycles.